The Hall–Kier alpha value is -2.33. The van der Waals surface area contributed by atoms with Gasteiger partial charge in [0.1, 0.15) is 11.6 Å². The Morgan fingerprint density at radius 1 is 1.31 bits per heavy atom. The lowest BCUT2D eigenvalue weighted by molar-refractivity contribution is -0.177. The van der Waals surface area contributed by atoms with Gasteiger partial charge in [0.15, 0.2) is 0 Å². The first-order valence-electron chi connectivity index (χ1n) is 10.9. The highest BCUT2D eigenvalue weighted by atomic mass is 35.5. The van der Waals surface area contributed by atoms with Crippen molar-refractivity contribution in [2.45, 2.75) is 38.4 Å². The minimum absolute atomic E-state index is 0.0444. The molecule has 1 amide bonds. The third-order valence-electron chi connectivity index (χ3n) is 5.43. The van der Waals surface area contributed by atoms with Gasteiger partial charge < -0.3 is 25.4 Å². The average molecular weight is 461 g/mol. The molecular formula is C22H29ClN6O3. The monoisotopic (exact) mass is 460 g/mol. The van der Waals surface area contributed by atoms with Crippen LogP contribution in [0, 0.1) is 5.92 Å². The number of aromatic nitrogens is 3. The van der Waals surface area contributed by atoms with Crippen LogP contribution in [0.5, 0.6) is 0 Å². The fourth-order valence-corrected chi connectivity index (χ4v) is 4.06. The maximum Gasteiger partial charge on any atom is 0.229 e. The van der Waals surface area contributed by atoms with Crippen LogP contribution in [-0.2, 0) is 14.3 Å². The number of nitrogens with zero attached hydrogens (tertiary/aromatic N) is 3. The topological polar surface area (TPSA) is 110 Å². The number of hydrogen-bond donors (Lipinski definition) is 3. The van der Waals surface area contributed by atoms with E-state index in [2.05, 4.69) is 30.9 Å². The molecule has 172 valence electrons. The van der Waals surface area contributed by atoms with Crippen LogP contribution in [0.25, 0.3) is 11.3 Å². The molecule has 4 heterocycles. The quantitative estimate of drug-likeness (QED) is 0.603. The van der Waals surface area contributed by atoms with Crippen LogP contribution in [0.3, 0.4) is 0 Å². The molecule has 0 bridgehead atoms. The van der Waals surface area contributed by atoms with E-state index in [0.29, 0.717) is 54.2 Å². The van der Waals surface area contributed by atoms with Gasteiger partial charge in [-0.05, 0) is 39.3 Å². The normalized spacial score (nSPS) is 22.8. The average Bonchev–Trinajstić information content (AvgIpc) is 2.79. The SMILES string of the molecule is CC1(C)COCC(CNc2cncc(-c3cc(NC(=O)C4CCCNC4)ncc3Cl)n2)O1. The molecule has 4 rings (SSSR count). The van der Waals surface area contributed by atoms with Gasteiger partial charge in [-0.3, -0.25) is 9.78 Å². The van der Waals surface area contributed by atoms with Gasteiger partial charge >= 0.3 is 0 Å². The molecule has 9 nitrogen and oxygen atoms in total. The summed E-state index contributed by atoms with van der Waals surface area (Å²) in [4.78, 5) is 25.7. The number of nitrogens with one attached hydrogen (secondary N) is 3. The Balaban J connectivity index is 1.43. The molecular weight excluding hydrogens is 432 g/mol. The highest BCUT2D eigenvalue weighted by molar-refractivity contribution is 6.33. The number of carbonyl (C=O) groups excluding carboxylic acids is 1. The van der Waals surface area contributed by atoms with E-state index in [-0.39, 0.29) is 23.5 Å². The third kappa shape index (κ3) is 5.92. The van der Waals surface area contributed by atoms with E-state index in [4.69, 9.17) is 21.1 Å². The van der Waals surface area contributed by atoms with E-state index in [1.807, 2.05) is 13.8 Å². The number of carbonyl (C=O) groups is 1. The first-order valence-corrected chi connectivity index (χ1v) is 11.3. The number of hydrogen-bond acceptors (Lipinski definition) is 8. The summed E-state index contributed by atoms with van der Waals surface area (Å²) < 4.78 is 11.6. The predicted octanol–water partition coefficient (Wildman–Crippen LogP) is 2.74. The first-order chi connectivity index (χ1) is 15.4. The van der Waals surface area contributed by atoms with Crippen molar-refractivity contribution in [3.05, 3.63) is 29.7 Å². The third-order valence-corrected chi connectivity index (χ3v) is 5.74. The van der Waals surface area contributed by atoms with Gasteiger partial charge in [-0.2, -0.15) is 0 Å². The molecule has 0 aliphatic carbocycles. The van der Waals surface area contributed by atoms with Crippen molar-refractivity contribution in [2.75, 3.05) is 43.5 Å². The molecule has 2 aliphatic heterocycles. The largest absolute Gasteiger partial charge is 0.376 e. The highest BCUT2D eigenvalue weighted by Gasteiger charge is 2.29. The number of rotatable bonds is 6. The zero-order valence-electron chi connectivity index (χ0n) is 18.4. The molecule has 2 saturated heterocycles. The van der Waals surface area contributed by atoms with E-state index >= 15 is 0 Å². The van der Waals surface area contributed by atoms with Crippen molar-refractivity contribution in [3.63, 3.8) is 0 Å². The van der Waals surface area contributed by atoms with Gasteiger partial charge in [-0.25, -0.2) is 9.97 Å². The standard InChI is InChI=1S/C22H29ClN6O3/c1-22(2)13-31-12-15(32-22)8-26-20-11-25-10-18(28-20)16-6-19(27-9-17(16)23)29-21(30)14-4-3-5-24-7-14/h6,9-11,14-15,24H,3-5,7-8,12-13H2,1-2H3,(H,26,28)(H,27,29,30). The second-order valence-electron chi connectivity index (χ2n) is 8.77. The number of piperidine rings is 1. The zero-order chi connectivity index (χ0) is 22.6. The Kier molecular flexibility index (Phi) is 7.20. The number of ether oxygens (including phenoxy) is 2. The van der Waals surface area contributed by atoms with Gasteiger partial charge in [-0.1, -0.05) is 11.6 Å². The molecule has 32 heavy (non-hydrogen) atoms. The molecule has 0 aromatic carbocycles. The van der Waals surface area contributed by atoms with Crippen LogP contribution >= 0.6 is 11.6 Å². The van der Waals surface area contributed by atoms with Crippen molar-refractivity contribution >= 4 is 29.1 Å². The van der Waals surface area contributed by atoms with Crippen molar-refractivity contribution in [3.8, 4) is 11.3 Å². The number of amides is 1. The molecule has 3 N–H and O–H groups in total. The fraction of sp³-hybridized carbons (Fsp3) is 0.545. The molecule has 2 aromatic rings. The zero-order valence-corrected chi connectivity index (χ0v) is 19.1. The van der Waals surface area contributed by atoms with Gasteiger partial charge in [0.25, 0.3) is 0 Å². The summed E-state index contributed by atoms with van der Waals surface area (Å²) in [6.45, 7) is 7.29. The maximum absolute atomic E-state index is 12.6. The molecule has 0 radical (unpaired) electrons. The summed E-state index contributed by atoms with van der Waals surface area (Å²) in [6, 6.07) is 1.73. The van der Waals surface area contributed by atoms with E-state index < -0.39 is 0 Å². The van der Waals surface area contributed by atoms with Crippen molar-refractivity contribution in [2.24, 2.45) is 5.92 Å². The summed E-state index contributed by atoms with van der Waals surface area (Å²) in [6.07, 6.45) is 6.57. The molecule has 0 saturated carbocycles. The Labute approximate surface area is 192 Å². The molecule has 2 aromatic heterocycles. The summed E-state index contributed by atoms with van der Waals surface area (Å²) in [5.41, 5.74) is 0.920. The van der Waals surface area contributed by atoms with Crippen LogP contribution < -0.4 is 16.0 Å². The molecule has 2 fully saturated rings. The minimum Gasteiger partial charge on any atom is -0.376 e. The van der Waals surface area contributed by atoms with Gasteiger partial charge in [0.05, 0.1) is 53.9 Å². The van der Waals surface area contributed by atoms with Crippen molar-refractivity contribution < 1.29 is 14.3 Å². The molecule has 2 unspecified atom stereocenters. The first kappa shape index (κ1) is 22.8. The smallest absolute Gasteiger partial charge is 0.229 e. The number of anilines is 2. The van der Waals surface area contributed by atoms with Crippen LogP contribution in [0.1, 0.15) is 26.7 Å². The number of pyridine rings is 1. The molecule has 2 aliphatic rings. The van der Waals surface area contributed by atoms with Gasteiger partial charge in [0, 0.05) is 24.8 Å². The van der Waals surface area contributed by atoms with E-state index in [1.54, 1.807) is 18.5 Å². The van der Waals surface area contributed by atoms with Gasteiger partial charge in [0.2, 0.25) is 5.91 Å². The second kappa shape index (κ2) is 10.1. The second-order valence-corrected chi connectivity index (χ2v) is 9.17. The van der Waals surface area contributed by atoms with Crippen molar-refractivity contribution in [1.82, 2.24) is 20.3 Å². The lowest BCUT2D eigenvalue weighted by Gasteiger charge is -2.35. The lowest BCUT2D eigenvalue weighted by atomic mass is 9.99. The molecule has 10 heteroatoms. The summed E-state index contributed by atoms with van der Waals surface area (Å²) in [5, 5.41) is 9.83. The van der Waals surface area contributed by atoms with Crippen molar-refractivity contribution in [1.29, 1.82) is 0 Å². The van der Waals surface area contributed by atoms with E-state index in [0.717, 1.165) is 19.4 Å². The number of halogens is 1. The lowest BCUT2D eigenvalue weighted by Crippen LogP contribution is -2.45. The van der Waals surface area contributed by atoms with Crippen LogP contribution in [0.15, 0.2) is 24.7 Å². The van der Waals surface area contributed by atoms with Gasteiger partial charge in [-0.15, -0.1) is 0 Å². The Bertz CT molecular complexity index is 951. The predicted molar refractivity (Wildman–Crippen MR) is 123 cm³/mol. The summed E-state index contributed by atoms with van der Waals surface area (Å²) >= 11 is 6.39. The molecule has 2 atom stereocenters. The van der Waals surface area contributed by atoms with E-state index in [1.165, 1.54) is 6.20 Å². The van der Waals surface area contributed by atoms with Crippen LogP contribution in [0.4, 0.5) is 11.6 Å². The highest BCUT2D eigenvalue weighted by Crippen LogP contribution is 2.28. The fourth-order valence-electron chi connectivity index (χ4n) is 3.86. The van der Waals surface area contributed by atoms with Crippen LogP contribution in [-0.4, -0.2) is 65.4 Å². The minimum atomic E-state index is -0.308. The maximum atomic E-state index is 12.6. The summed E-state index contributed by atoms with van der Waals surface area (Å²) in [7, 11) is 0. The van der Waals surface area contributed by atoms with Crippen LogP contribution in [0.2, 0.25) is 5.02 Å². The van der Waals surface area contributed by atoms with E-state index in [9.17, 15) is 4.79 Å². The Morgan fingerprint density at radius 3 is 2.97 bits per heavy atom. The Morgan fingerprint density at radius 2 is 2.19 bits per heavy atom. The molecule has 0 spiro atoms. The summed E-state index contributed by atoms with van der Waals surface area (Å²) in [5.74, 6) is 0.932.